The predicted molar refractivity (Wildman–Crippen MR) is 89.9 cm³/mol. The fraction of sp³-hybridized carbons (Fsp3) is 0.167. The summed E-state index contributed by atoms with van der Waals surface area (Å²) in [6, 6.07) is 10.3. The molecular weight excluding hydrogens is 339 g/mol. The first-order chi connectivity index (χ1) is 11.3. The van der Waals surface area contributed by atoms with Crippen LogP contribution in [0.1, 0.15) is 23.6 Å². The lowest BCUT2D eigenvalue weighted by atomic mass is 10.1. The van der Waals surface area contributed by atoms with Crippen LogP contribution in [0.15, 0.2) is 48.5 Å². The fourth-order valence-corrected chi connectivity index (χ4v) is 2.25. The molecule has 1 N–H and O–H groups in total. The average Bonchev–Trinajstić information content (AvgIpc) is 2.53. The third kappa shape index (κ3) is 4.86. The maximum atomic E-state index is 12.7. The highest BCUT2D eigenvalue weighted by atomic mass is 35.5. The second-order valence-corrected chi connectivity index (χ2v) is 5.52. The zero-order valence-corrected chi connectivity index (χ0v) is 13.6. The van der Waals surface area contributed by atoms with E-state index in [1.807, 2.05) is 25.1 Å². The zero-order chi connectivity index (χ0) is 17.7. The van der Waals surface area contributed by atoms with Crippen molar-refractivity contribution < 1.29 is 18.0 Å². The lowest BCUT2D eigenvalue weighted by molar-refractivity contribution is -0.137. The van der Waals surface area contributed by atoms with Gasteiger partial charge < -0.3 is 5.32 Å². The van der Waals surface area contributed by atoms with Crippen molar-refractivity contribution in [3.05, 3.63) is 70.3 Å². The number of amides is 1. The van der Waals surface area contributed by atoms with Gasteiger partial charge in [-0.3, -0.25) is 4.79 Å². The highest BCUT2D eigenvalue weighted by Gasteiger charge is 2.30. The molecule has 2 nitrogen and oxygen atoms in total. The lowest BCUT2D eigenvalue weighted by Gasteiger charge is -2.08. The van der Waals surface area contributed by atoms with Gasteiger partial charge in [0.05, 0.1) is 5.56 Å². The maximum absolute atomic E-state index is 12.7. The summed E-state index contributed by atoms with van der Waals surface area (Å²) in [6.45, 7) is 2.00. The van der Waals surface area contributed by atoms with Crippen LogP contribution in [0.4, 0.5) is 18.9 Å². The first-order valence-corrected chi connectivity index (χ1v) is 7.62. The minimum atomic E-state index is -4.46. The first kappa shape index (κ1) is 18.1. The molecule has 0 aliphatic rings. The van der Waals surface area contributed by atoms with E-state index in [-0.39, 0.29) is 10.6 Å². The van der Waals surface area contributed by atoms with Crippen LogP contribution < -0.4 is 5.32 Å². The average molecular weight is 354 g/mol. The van der Waals surface area contributed by atoms with Gasteiger partial charge in [-0.15, -0.1) is 0 Å². The topological polar surface area (TPSA) is 29.1 Å². The molecule has 2 aromatic rings. The molecule has 0 atom stereocenters. The summed E-state index contributed by atoms with van der Waals surface area (Å²) in [4.78, 5) is 11.9. The number of carbonyl (C=O) groups excluding carboxylic acids is 1. The molecule has 0 aliphatic heterocycles. The van der Waals surface area contributed by atoms with Crippen LogP contribution in [0.2, 0.25) is 5.02 Å². The molecule has 0 spiro atoms. The van der Waals surface area contributed by atoms with E-state index >= 15 is 0 Å². The van der Waals surface area contributed by atoms with E-state index in [2.05, 4.69) is 5.32 Å². The Bertz CT molecular complexity index is 769. The number of nitrogens with one attached hydrogen (secondary N) is 1. The summed E-state index contributed by atoms with van der Waals surface area (Å²) >= 11 is 5.88. The number of hydrogen-bond donors (Lipinski definition) is 1. The Morgan fingerprint density at radius 3 is 2.62 bits per heavy atom. The molecule has 0 saturated heterocycles. The Hall–Kier alpha value is -2.27. The number of anilines is 1. The molecule has 0 heterocycles. The van der Waals surface area contributed by atoms with Gasteiger partial charge in [0.15, 0.2) is 0 Å². The van der Waals surface area contributed by atoms with E-state index in [4.69, 9.17) is 11.6 Å². The monoisotopic (exact) mass is 353 g/mol. The minimum absolute atomic E-state index is 0.129. The Labute approximate surface area is 142 Å². The van der Waals surface area contributed by atoms with Crippen molar-refractivity contribution in [2.45, 2.75) is 19.5 Å². The standard InChI is InChI=1S/C18H15ClF3NO/c1-2-12-4-3-5-15(10-12)23-17(24)9-6-13-11-14(18(20,21)22)7-8-16(13)19/h3-11H,2H2,1H3,(H,23,24)/b9-6+. The summed E-state index contributed by atoms with van der Waals surface area (Å²) in [5.41, 5.74) is 1.00. The molecule has 0 bridgehead atoms. The normalized spacial score (nSPS) is 11.7. The third-order valence-electron chi connectivity index (χ3n) is 3.34. The summed E-state index contributed by atoms with van der Waals surface area (Å²) in [5.74, 6) is -0.447. The molecular formula is C18H15ClF3NO. The van der Waals surface area contributed by atoms with Gasteiger partial charge in [0.2, 0.25) is 5.91 Å². The molecule has 0 fully saturated rings. The van der Waals surface area contributed by atoms with Crippen molar-refractivity contribution >= 4 is 29.3 Å². The number of aryl methyl sites for hydroxylation is 1. The molecule has 2 rings (SSSR count). The maximum Gasteiger partial charge on any atom is 0.416 e. The van der Waals surface area contributed by atoms with Crippen molar-refractivity contribution in [2.24, 2.45) is 0 Å². The molecule has 1 amide bonds. The van der Waals surface area contributed by atoms with Gasteiger partial charge >= 0.3 is 6.18 Å². The molecule has 2 aromatic carbocycles. The van der Waals surface area contributed by atoms with Crippen LogP contribution in [0.25, 0.3) is 6.08 Å². The number of benzene rings is 2. The van der Waals surface area contributed by atoms with E-state index in [0.29, 0.717) is 5.69 Å². The van der Waals surface area contributed by atoms with Crippen molar-refractivity contribution in [1.82, 2.24) is 0 Å². The molecule has 0 aliphatic carbocycles. The van der Waals surface area contributed by atoms with Gasteiger partial charge in [-0.2, -0.15) is 13.2 Å². The summed E-state index contributed by atoms with van der Waals surface area (Å²) < 4.78 is 38.1. The van der Waals surface area contributed by atoms with E-state index in [1.165, 1.54) is 6.08 Å². The van der Waals surface area contributed by atoms with E-state index in [0.717, 1.165) is 36.3 Å². The fourth-order valence-electron chi connectivity index (χ4n) is 2.07. The number of carbonyl (C=O) groups is 1. The van der Waals surface area contributed by atoms with E-state index < -0.39 is 17.6 Å². The van der Waals surface area contributed by atoms with Crippen LogP contribution in [-0.2, 0) is 17.4 Å². The van der Waals surface area contributed by atoms with Crippen LogP contribution in [0.5, 0.6) is 0 Å². The predicted octanol–water partition coefficient (Wildman–Crippen LogP) is 5.57. The SMILES string of the molecule is CCc1cccc(NC(=O)/C=C/c2cc(C(F)(F)F)ccc2Cl)c1. The van der Waals surface area contributed by atoms with Crippen molar-refractivity contribution in [2.75, 3.05) is 5.32 Å². The summed E-state index contributed by atoms with van der Waals surface area (Å²) in [5, 5.41) is 2.80. The molecule has 0 aromatic heterocycles. The third-order valence-corrected chi connectivity index (χ3v) is 3.68. The van der Waals surface area contributed by atoms with Gasteiger partial charge in [-0.25, -0.2) is 0 Å². The summed E-state index contributed by atoms with van der Waals surface area (Å²) in [6.07, 6.45) is -1.22. The molecule has 126 valence electrons. The summed E-state index contributed by atoms with van der Waals surface area (Å²) in [7, 11) is 0. The van der Waals surface area contributed by atoms with Gasteiger partial charge in [0, 0.05) is 16.8 Å². The first-order valence-electron chi connectivity index (χ1n) is 7.24. The second-order valence-electron chi connectivity index (χ2n) is 5.11. The Balaban J connectivity index is 2.13. The van der Waals surface area contributed by atoms with Crippen molar-refractivity contribution in [1.29, 1.82) is 0 Å². The minimum Gasteiger partial charge on any atom is -0.323 e. The highest BCUT2D eigenvalue weighted by Crippen LogP contribution is 2.32. The molecule has 6 heteroatoms. The number of rotatable bonds is 4. The van der Waals surface area contributed by atoms with E-state index in [9.17, 15) is 18.0 Å². The molecule has 0 radical (unpaired) electrons. The lowest BCUT2D eigenvalue weighted by Crippen LogP contribution is -2.08. The smallest absolute Gasteiger partial charge is 0.323 e. The number of alkyl halides is 3. The van der Waals surface area contributed by atoms with Crippen LogP contribution in [-0.4, -0.2) is 5.91 Å². The van der Waals surface area contributed by atoms with Crippen LogP contribution in [0, 0.1) is 0 Å². The quantitative estimate of drug-likeness (QED) is 0.715. The van der Waals surface area contributed by atoms with Crippen LogP contribution in [0.3, 0.4) is 0 Å². The molecule has 0 unspecified atom stereocenters. The Morgan fingerprint density at radius 1 is 1.21 bits per heavy atom. The van der Waals surface area contributed by atoms with Gasteiger partial charge in [-0.05, 0) is 54.0 Å². The second kappa shape index (κ2) is 7.53. The molecule has 24 heavy (non-hydrogen) atoms. The Morgan fingerprint density at radius 2 is 1.96 bits per heavy atom. The number of halogens is 4. The van der Waals surface area contributed by atoms with Crippen LogP contribution >= 0.6 is 11.6 Å². The van der Waals surface area contributed by atoms with Gasteiger partial charge in [0.25, 0.3) is 0 Å². The highest BCUT2D eigenvalue weighted by molar-refractivity contribution is 6.32. The Kier molecular flexibility index (Phi) is 5.67. The zero-order valence-electron chi connectivity index (χ0n) is 12.8. The van der Waals surface area contributed by atoms with Gasteiger partial charge in [0.1, 0.15) is 0 Å². The molecule has 0 saturated carbocycles. The largest absolute Gasteiger partial charge is 0.416 e. The van der Waals surface area contributed by atoms with E-state index in [1.54, 1.807) is 6.07 Å². The van der Waals surface area contributed by atoms with Crippen molar-refractivity contribution in [3.8, 4) is 0 Å². The number of hydrogen-bond acceptors (Lipinski definition) is 1. The van der Waals surface area contributed by atoms with Crippen molar-refractivity contribution in [3.63, 3.8) is 0 Å². The van der Waals surface area contributed by atoms with Gasteiger partial charge in [-0.1, -0.05) is 30.7 Å².